The molecule has 0 saturated carbocycles. The summed E-state index contributed by atoms with van der Waals surface area (Å²) < 4.78 is 5.70. The molecule has 2 aromatic carbocycles. The summed E-state index contributed by atoms with van der Waals surface area (Å²) in [6.45, 7) is 1.44. The van der Waals surface area contributed by atoms with Gasteiger partial charge in [0, 0.05) is 36.3 Å². The van der Waals surface area contributed by atoms with Crippen molar-refractivity contribution in [3.63, 3.8) is 0 Å². The third-order valence-electron chi connectivity index (χ3n) is 5.73. The van der Waals surface area contributed by atoms with Crippen LogP contribution in [0.2, 0.25) is 0 Å². The molecule has 43 heavy (non-hydrogen) atoms. The van der Waals surface area contributed by atoms with E-state index in [9.17, 15) is 24.3 Å². The Labute approximate surface area is 249 Å². The summed E-state index contributed by atoms with van der Waals surface area (Å²) in [6.07, 6.45) is 2.81. The Kier molecular flexibility index (Phi) is 9.77. The second kappa shape index (κ2) is 13.8. The van der Waals surface area contributed by atoms with Crippen molar-refractivity contribution in [1.82, 2.24) is 20.1 Å². The number of nitrogens with one attached hydrogen (secondary N) is 2. The smallest absolute Gasteiger partial charge is 0.284 e. The van der Waals surface area contributed by atoms with Gasteiger partial charge in [-0.25, -0.2) is 0 Å². The summed E-state index contributed by atoms with van der Waals surface area (Å²) in [5, 5.41) is 19.7. The van der Waals surface area contributed by atoms with E-state index in [0.29, 0.717) is 27.4 Å². The van der Waals surface area contributed by atoms with E-state index in [0.717, 1.165) is 5.69 Å². The third kappa shape index (κ3) is 8.44. The first-order chi connectivity index (χ1) is 20.6. The fraction of sp³-hybridized carbons (Fsp3) is 0.133. The molecule has 1 atom stereocenters. The number of primary amides is 1. The Morgan fingerprint density at radius 3 is 2.51 bits per heavy atom. The van der Waals surface area contributed by atoms with Gasteiger partial charge in [0.15, 0.2) is 0 Å². The second-order valence-electron chi connectivity index (χ2n) is 9.16. The number of amides is 4. The van der Waals surface area contributed by atoms with Crippen molar-refractivity contribution in [3.8, 4) is 17.6 Å². The van der Waals surface area contributed by atoms with Crippen molar-refractivity contribution in [2.24, 2.45) is 17.1 Å². The molecule has 0 spiro atoms. The Morgan fingerprint density at radius 2 is 1.79 bits per heavy atom. The number of aromatic hydroxyl groups is 1. The number of aromatic nitrogens is 3. The molecule has 0 radical (unpaired) electrons. The van der Waals surface area contributed by atoms with Crippen LogP contribution >= 0.6 is 0 Å². The molecule has 0 aliphatic rings. The highest BCUT2D eigenvalue weighted by atomic mass is 32.2. The van der Waals surface area contributed by atoms with Gasteiger partial charge in [0.2, 0.25) is 11.8 Å². The van der Waals surface area contributed by atoms with Crippen molar-refractivity contribution in [3.05, 3.63) is 101 Å². The third-order valence-corrected chi connectivity index (χ3v) is 7.51. The minimum absolute atomic E-state index is 0.128. The monoisotopic (exact) mass is 597 g/mol. The van der Waals surface area contributed by atoms with Gasteiger partial charge in [-0.1, -0.05) is 30.0 Å². The molecule has 2 aromatic heterocycles. The SMILES string of the molecule is Cc1cc(C(=O)Nc2cccc(C#Cc3cncc(C(=O)N=[S@@](CC(=O)NCC(N)=O)c4ccccc4O)c3)c2)n(C)n1. The molecule has 4 amide bonds. The Bertz CT molecular complexity index is 1820. The van der Waals surface area contributed by atoms with Crippen LogP contribution in [-0.4, -0.2) is 55.8 Å². The van der Waals surface area contributed by atoms with E-state index in [1.807, 2.05) is 0 Å². The summed E-state index contributed by atoms with van der Waals surface area (Å²) >= 11 is 0. The molecule has 4 aromatic rings. The highest BCUT2D eigenvalue weighted by molar-refractivity contribution is 7.88. The number of carbonyl (C=O) groups is 4. The number of pyridine rings is 1. The van der Waals surface area contributed by atoms with E-state index in [-0.39, 0.29) is 29.5 Å². The van der Waals surface area contributed by atoms with E-state index in [1.165, 1.54) is 29.2 Å². The maximum Gasteiger partial charge on any atom is 0.284 e. The molecule has 0 bridgehead atoms. The van der Waals surface area contributed by atoms with E-state index in [1.54, 1.807) is 62.5 Å². The first-order valence-corrected chi connectivity index (χ1v) is 14.1. The summed E-state index contributed by atoms with van der Waals surface area (Å²) in [5.74, 6) is 3.29. The summed E-state index contributed by atoms with van der Waals surface area (Å²) in [4.78, 5) is 53.6. The summed E-state index contributed by atoms with van der Waals surface area (Å²) in [6, 6.07) is 16.4. The number of phenols is 1. The molecule has 218 valence electrons. The van der Waals surface area contributed by atoms with E-state index < -0.39 is 28.4 Å². The number of para-hydroxylation sites is 1. The quantitative estimate of drug-likeness (QED) is 0.224. The van der Waals surface area contributed by atoms with Crippen LogP contribution in [0.5, 0.6) is 5.75 Å². The van der Waals surface area contributed by atoms with Crippen LogP contribution in [0.4, 0.5) is 5.69 Å². The molecular weight excluding hydrogens is 570 g/mol. The lowest BCUT2D eigenvalue weighted by Gasteiger charge is -2.10. The lowest BCUT2D eigenvalue weighted by molar-refractivity contribution is -0.123. The molecule has 0 unspecified atom stereocenters. The van der Waals surface area contributed by atoms with Gasteiger partial charge in [-0.3, -0.25) is 28.8 Å². The number of anilines is 1. The minimum Gasteiger partial charge on any atom is -0.507 e. The van der Waals surface area contributed by atoms with Crippen molar-refractivity contribution in [2.45, 2.75) is 11.8 Å². The number of nitrogens with zero attached hydrogens (tertiary/aromatic N) is 4. The van der Waals surface area contributed by atoms with Gasteiger partial charge in [-0.05, 0) is 60.1 Å². The van der Waals surface area contributed by atoms with Crippen LogP contribution in [0.25, 0.3) is 0 Å². The van der Waals surface area contributed by atoms with Crippen molar-refractivity contribution in [1.29, 1.82) is 0 Å². The van der Waals surface area contributed by atoms with E-state index in [4.69, 9.17) is 5.73 Å². The zero-order valence-electron chi connectivity index (χ0n) is 23.2. The number of hydrogen-bond donors (Lipinski definition) is 4. The fourth-order valence-electron chi connectivity index (χ4n) is 3.79. The van der Waals surface area contributed by atoms with Crippen LogP contribution in [0.15, 0.2) is 82.3 Å². The largest absolute Gasteiger partial charge is 0.507 e. The van der Waals surface area contributed by atoms with Gasteiger partial charge >= 0.3 is 0 Å². The number of hydrogen-bond acceptors (Lipinski definition) is 7. The summed E-state index contributed by atoms with van der Waals surface area (Å²) in [5.41, 5.74) is 7.96. The predicted molar refractivity (Wildman–Crippen MR) is 160 cm³/mol. The molecule has 0 saturated heterocycles. The van der Waals surface area contributed by atoms with Gasteiger partial charge in [0.1, 0.15) is 11.4 Å². The van der Waals surface area contributed by atoms with Gasteiger partial charge in [0.05, 0.1) is 28.5 Å². The van der Waals surface area contributed by atoms with Crippen molar-refractivity contribution < 1.29 is 24.3 Å². The molecule has 4 rings (SSSR count). The highest BCUT2D eigenvalue weighted by Gasteiger charge is 2.16. The van der Waals surface area contributed by atoms with Crippen LogP contribution in [-0.2, 0) is 27.3 Å². The average Bonchev–Trinajstić information content (AvgIpc) is 3.33. The first kappa shape index (κ1) is 30.4. The molecule has 12 nitrogen and oxygen atoms in total. The van der Waals surface area contributed by atoms with E-state index >= 15 is 0 Å². The van der Waals surface area contributed by atoms with Crippen molar-refractivity contribution in [2.75, 3.05) is 17.6 Å². The van der Waals surface area contributed by atoms with Crippen molar-refractivity contribution >= 4 is 40.0 Å². The number of carbonyl (C=O) groups excluding carboxylic acids is 4. The lowest BCUT2D eigenvalue weighted by Crippen LogP contribution is -2.35. The zero-order chi connectivity index (χ0) is 30.9. The molecule has 0 fully saturated rings. The predicted octanol–water partition coefficient (Wildman–Crippen LogP) is 2.08. The average molecular weight is 598 g/mol. The Balaban J connectivity index is 1.53. The molecule has 2 heterocycles. The first-order valence-electron chi connectivity index (χ1n) is 12.8. The highest BCUT2D eigenvalue weighted by Crippen LogP contribution is 2.22. The van der Waals surface area contributed by atoms with Gasteiger partial charge in [0.25, 0.3) is 11.8 Å². The Morgan fingerprint density at radius 1 is 1.02 bits per heavy atom. The summed E-state index contributed by atoms with van der Waals surface area (Å²) in [7, 11) is 0.315. The van der Waals surface area contributed by atoms with Gasteiger partial charge in [-0.2, -0.15) is 9.46 Å². The van der Waals surface area contributed by atoms with Crippen LogP contribution in [0, 0.1) is 18.8 Å². The van der Waals surface area contributed by atoms with Gasteiger partial charge < -0.3 is 21.5 Å². The molecule has 0 aliphatic carbocycles. The number of phenolic OH excluding ortho intramolecular Hbond substituents is 1. The molecule has 13 heteroatoms. The minimum atomic E-state index is -1.38. The second-order valence-corrected chi connectivity index (χ2v) is 10.8. The fourth-order valence-corrected chi connectivity index (χ4v) is 5.31. The lowest BCUT2D eigenvalue weighted by atomic mass is 10.1. The maximum atomic E-state index is 13.1. The van der Waals surface area contributed by atoms with Gasteiger partial charge in [-0.15, -0.1) is 0 Å². The zero-order valence-corrected chi connectivity index (χ0v) is 24.0. The normalized spacial score (nSPS) is 11.2. The number of rotatable bonds is 8. The molecule has 5 N–H and O–H groups in total. The number of nitrogens with two attached hydrogens (primary N) is 1. The van der Waals surface area contributed by atoms with Crippen LogP contribution in [0.3, 0.4) is 0 Å². The molecular formula is C30H27N7O5S. The standard InChI is InChI=1S/C30H27N7O5S/c1-19-12-24(37(2)35-19)30(42)34-23-7-5-6-20(14-23)10-11-21-13-22(16-32-15-21)29(41)36-43(18-28(40)33-17-27(31)39)26-9-4-3-8-25(26)38/h3-9,12-16,38H,17-18H2,1-2H3,(H2,31,39)(H,33,40)(H,34,42)/t43-/m0/s1. The topological polar surface area (TPSA) is 182 Å². The molecule has 0 aliphatic heterocycles. The Hall–Kier alpha value is -5.61. The van der Waals surface area contributed by atoms with Crippen LogP contribution < -0.4 is 16.4 Å². The number of benzene rings is 2. The number of aryl methyl sites for hydroxylation is 2. The van der Waals surface area contributed by atoms with E-state index in [2.05, 4.69) is 36.9 Å². The van der Waals surface area contributed by atoms with Crippen LogP contribution in [0.1, 0.15) is 37.7 Å². The maximum absolute atomic E-state index is 13.1.